The van der Waals surface area contributed by atoms with Crippen LogP contribution in [0.15, 0.2) is 23.0 Å². The third kappa shape index (κ3) is 2.85. The van der Waals surface area contributed by atoms with E-state index in [1.54, 1.807) is 0 Å². The van der Waals surface area contributed by atoms with E-state index in [9.17, 15) is 9.59 Å². The van der Waals surface area contributed by atoms with Crippen molar-refractivity contribution in [2.75, 3.05) is 19.9 Å². The lowest BCUT2D eigenvalue weighted by atomic mass is 9.82. The fraction of sp³-hybridized carbons (Fsp3) is 0.500. The zero-order valence-electron chi connectivity index (χ0n) is 14.9. The fourth-order valence-corrected chi connectivity index (χ4v) is 3.67. The number of piperidine rings is 1. The Kier molecular flexibility index (Phi) is 3.97. The van der Waals surface area contributed by atoms with Crippen LogP contribution in [0.5, 0.6) is 11.5 Å². The molecule has 4 rings (SSSR count). The molecule has 2 aliphatic heterocycles. The second kappa shape index (κ2) is 6.19. The van der Waals surface area contributed by atoms with Crippen LogP contribution in [0.25, 0.3) is 0 Å². The molecule has 1 atom stereocenters. The minimum absolute atomic E-state index is 0.0409. The van der Waals surface area contributed by atoms with Gasteiger partial charge in [-0.25, -0.2) is 9.89 Å². The van der Waals surface area contributed by atoms with Crippen LogP contribution in [0.4, 0.5) is 0 Å². The number of likely N-dealkylation sites (tertiary alicyclic amines) is 1. The van der Waals surface area contributed by atoms with Crippen LogP contribution >= 0.6 is 0 Å². The molecule has 26 heavy (non-hydrogen) atoms. The Morgan fingerprint density at radius 3 is 2.88 bits per heavy atom. The first kappa shape index (κ1) is 16.7. The summed E-state index contributed by atoms with van der Waals surface area (Å²) in [6.45, 7) is 5.31. The lowest BCUT2D eigenvalue weighted by Gasteiger charge is -2.37. The summed E-state index contributed by atoms with van der Waals surface area (Å²) in [5.74, 6) is 2.10. The number of ether oxygens (including phenoxy) is 2. The molecule has 0 saturated carbocycles. The Labute approximate surface area is 150 Å². The minimum Gasteiger partial charge on any atom is -0.454 e. The van der Waals surface area contributed by atoms with Crippen molar-refractivity contribution in [1.29, 1.82) is 0 Å². The van der Waals surface area contributed by atoms with E-state index in [2.05, 4.69) is 15.2 Å². The van der Waals surface area contributed by atoms with Gasteiger partial charge in [0.1, 0.15) is 5.82 Å². The summed E-state index contributed by atoms with van der Waals surface area (Å²) in [5.41, 5.74) is -0.117. The molecule has 2 N–H and O–H groups in total. The Morgan fingerprint density at radius 1 is 1.31 bits per heavy atom. The SMILES string of the molecule is CC(C)(C(=O)N1CCCC(c2n[nH]c(=O)[nH]2)C1)c1ccc2c(c1)OCO2. The van der Waals surface area contributed by atoms with Crippen molar-refractivity contribution in [3.8, 4) is 11.5 Å². The van der Waals surface area contributed by atoms with Gasteiger partial charge in [0.25, 0.3) is 0 Å². The van der Waals surface area contributed by atoms with Gasteiger partial charge in [-0.2, -0.15) is 5.10 Å². The van der Waals surface area contributed by atoms with E-state index in [-0.39, 0.29) is 24.3 Å². The van der Waals surface area contributed by atoms with Gasteiger partial charge in [0, 0.05) is 19.0 Å². The molecule has 1 aromatic heterocycles. The second-order valence-corrected chi connectivity index (χ2v) is 7.35. The lowest BCUT2D eigenvalue weighted by Crippen LogP contribution is -2.47. The molecule has 1 saturated heterocycles. The topological polar surface area (TPSA) is 100 Å². The number of nitrogens with one attached hydrogen (secondary N) is 2. The third-order valence-corrected chi connectivity index (χ3v) is 5.24. The predicted octanol–water partition coefficient (Wildman–Crippen LogP) is 1.51. The molecule has 8 heteroatoms. The van der Waals surface area contributed by atoms with E-state index < -0.39 is 5.41 Å². The van der Waals surface area contributed by atoms with Crippen molar-refractivity contribution in [1.82, 2.24) is 20.1 Å². The molecule has 0 radical (unpaired) electrons. The third-order valence-electron chi connectivity index (χ3n) is 5.24. The highest BCUT2D eigenvalue weighted by molar-refractivity contribution is 5.87. The average Bonchev–Trinajstić information content (AvgIpc) is 3.29. The molecule has 1 fully saturated rings. The van der Waals surface area contributed by atoms with Gasteiger partial charge < -0.3 is 14.4 Å². The van der Waals surface area contributed by atoms with E-state index >= 15 is 0 Å². The molecular weight excluding hydrogens is 336 g/mol. The molecule has 0 spiro atoms. The van der Waals surface area contributed by atoms with E-state index in [4.69, 9.17) is 9.47 Å². The van der Waals surface area contributed by atoms with Crippen LogP contribution in [0.3, 0.4) is 0 Å². The molecular formula is C18H22N4O4. The first-order valence-corrected chi connectivity index (χ1v) is 8.79. The first-order valence-electron chi connectivity index (χ1n) is 8.79. The quantitative estimate of drug-likeness (QED) is 0.866. The predicted molar refractivity (Wildman–Crippen MR) is 93.4 cm³/mol. The van der Waals surface area contributed by atoms with Gasteiger partial charge in [-0.15, -0.1) is 0 Å². The number of fused-ring (bicyclic) bond motifs is 1. The largest absolute Gasteiger partial charge is 0.454 e. The van der Waals surface area contributed by atoms with Crippen LogP contribution in [-0.4, -0.2) is 45.9 Å². The molecule has 0 aliphatic carbocycles. The molecule has 138 valence electrons. The highest BCUT2D eigenvalue weighted by atomic mass is 16.7. The summed E-state index contributed by atoms with van der Waals surface area (Å²) in [6.07, 6.45) is 1.78. The lowest BCUT2D eigenvalue weighted by molar-refractivity contribution is -0.137. The van der Waals surface area contributed by atoms with Crippen molar-refractivity contribution >= 4 is 5.91 Å². The number of nitrogens with zero attached hydrogens (tertiary/aromatic N) is 2. The molecule has 8 nitrogen and oxygen atoms in total. The Bertz CT molecular complexity index is 885. The Hall–Kier alpha value is -2.77. The fourth-order valence-electron chi connectivity index (χ4n) is 3.67. The van der Waals surface area contributed by atoms with Gasteiger partial charge in [-0.05, 0) is 44.4 Å². The normalized spacial score (nSPS) is 19.6. The first-order chi connectivity index (χ1) is 12.4. The summed E-state index contributed by atoms with van der Waals surface area (Å²) in [5, 5.41) is 6.43. The summed E-state index contributed by atoms with van der Waals surface area (Å²) >= 11 is 0. The zero-order chi connectivity index (χ0) is 18.3. The highest BCUT2D eigenvalue weighted by Crippen LogP contribution is 2.37. The molecule has 3 heterocycles. The maximum absolute atomic E-state index is 13.3. The molecule has 2 aliphatic rings. The van der Waals surface area contributed by atoms with E-state index in [1.807, 2.05) is 36.9 Å². The number of benzene rings is 1. The van der Waals surface area contributed by atoms with Gasteiger partial charge in [-0.1, -0.05) is 6.07 Å². The van der Waals surface area contributed by atoms with Gasteiger partial charge >= 0.3 is 5.69 Å². The smallest absolute Gasteiger partial charge is 0.340 e. The summed E-state index contributed by atoms with van der Waals surface area (Å²) in [4.78, 5) is 29.1. The second-order valence-electron chi connectivity index (χ2n) is 7.35. The summed E-state index contributed by atoms with van der Waals surface area (Å²) in [7, 11) is 0. The Morgan fingerprint density at radius 2 is 2.12 bits per heavy atom. The number of aromatic amines is 2. The molecule has 2 aromatic rings. The number of amides is 1. The van der Waals surface area contributed by atoms with Crippen molar-refractivity contribution in [2.24, 2.45) is 0 Å². The van der Waals surface area contributed by atoms with Crippen molar-refractivity contribution in [3.05, 3.63) is 40.1 Å². The van der Waals surface area contributed by atoms with Crippen LogP contribution in [0, 0.1) is 0 Å². The average molecular weight is 358 g/mol. The van der Waals surface area contributed by atoms with E-state index in [0.29, 0.717) is 30.4 Å². The number of carbonyl (C=O) groups excluding carboxylic acids is 1. The summed E-state index contributed by atoms with van der Waals surface area (Å²) < 4.78 is 10.8. The number of H-pyrrole nitrogens is 2. The maximum Gasteiger partial charge on any atom is 0.340 e. The molecule has 1 aromatic carbocycles. The minimum atomic E-state index is -0.693. The number of aromatic nitrogens is 3. The van der Waals surface area contributed by atoms with Gasteiger partial charge in [0.2, 0.25) is 12.7 Å². The summed E-state index contributed by atoms with van der Waals surface area (Å²) in [6, 6.07) is 5.64. The highest BCUT2D eigenvalue weighted by Gasteiger charge is 2.37. The van der Waals surface area contributed by atoms with Crippen molar-refractivity contribution < 1.29 is 14.3 Å². The zero-order valence-corrected chi connectivity index (χ0v) is 14.9. The van der Waals surface area contributed by atoms with E-state index in [0.717, 1.165) is 18.4 Å². The standard InChI is InChI=1S/C18H22N4O4/c1-18(2,12-5-6-13-14(8-12)26-10-25-13)16(23)22-7-3-4-11(9-22)15-19-17(24)21-20-15/h5-6,8,11H,3-4,7,9-10H2,1-2H3,(H2,19,20,21,24). The van der Waals surface area contributed by atoms with Crippen LogP contribution < -0.4 is 15.2 Å². The number of hydrogen-bond donors (Lipinski definition) is 2. The monoisotopic (exact) mass is 358 g/mol. The van der Waals surface area contributed by atoms with Crippen LogP contribution in [0.1, 0.15) is 44.0 Å². The number of hydrogen-bond acceptors (Lipinski definition) is 5. The van der Waals surface area contributed by atoms with Crippen LogP contribution in [0.2, 0.25) is 0 Å². The van der Waals surface area contributed by atoms with Crippen molar-refractivity contribution in [2.45, 2.75) is 38.0 Å². The van der Waals surface area contributed by atoms with E-state index in [1.165, 1.54) is 0 Å². The molecule has 1 amide bonds. The number of rotatable bonds is 3. The number of carbonyl (C=O) groups is 1. The van der Waals surface area contributed by atoms with Crippen molar-refractivity contribution in [3.63, 3.8) is 0 Å². The molecule has 1 unspecified atom stereocenters. The Balaban J connectivity index is 1.54. The maximum atomic E-state index is 13.3. The van der Waals surface area contributed by atoms with Gasteiger partial charge in [0.05, 0.1) is 5.41 Å². The van der Waals surface area contributed by atoms with Gasteiger partial charge in [0.15, 0.2) is 11.5 Å². The van der Waals surface area contributed by atoms with Gasteiger partial charge in [-0.3, -0.25) is 9.78 Å². The molecule has 0 bridgehead atoms. The van der Waals surface area contributed by atoms with Crippen LogP contribution in [-0.2, 0) is 10.2 Å².